The van der Waals surface area contributed by atoms with Crippen LogP contribution in [0.3, 0.4) is 0 Å². The van der Waals surface area contributed by atoms with Crippen LogP contribution in [-0.2, 0) is 9.59 Å². The fraction of sp³-hybridized carbons (Fsp3) is 0.333. The maximum Gasteiger partial charge on any atom is 0.246 e. The van der Waals surface area contributed by atoms with Crippen LogP contribution in [0, 0.1) is 13.8 Å². The van der Waals surface area contributed by atoms with Gasteiger partial charge in [0.05, 0.1) is 13.4 Å². The summed E-state index contributed by atoms with van der Waals surface area (Å²) in [6, 6.07) is 10.4. The predicted octanol–water partition coefficient (Wildman–Crippen LogP) is 4.82. The van der Waals surface area contributed by atoms with Crippen LogP contribution in [0.2, 0.25) is 0 Å². The van der Waals surface area contributed by atoms with Crippen molar-refractivity contribution < 1.29 is 18.7 Å². The van der Waals surface area contributed by atoms with Crippen molar-refractivity contribution >= 4 is 28.4 Å². The average Bonchev–Trinajstić information content (AvgIpc) is 3.23. The van der Waals surface area contributed by atoms with E-state index in [9.17, 15) is 9.59 Å². The molecule has 6 heteroatoms. The van der Waals surface area contributed by atoms with Gasteiger partial charge in [-0.15, -0.1) is 0 Å². The van der Waals surface area contributed by atoms with Crippen molar-refractivity contribution in [3.05, 3.63) is 59.4 Å². The Hall–Kier alpha value is -3.54. The monoisotopic (exact) mass is 446 g/mol. The minimum Gasteiger partial charge on any atom is -0.496 e. The first-order valence-corrected chi connectivity index (χ1v) is 11.2. The zero-order chi connectivity index (χ0) is 23.7. The van der Waals surface area contributed by atoms with Gasteiger partial charge >= 0.3 is 0 Å². The van der Waals surface area contributed by atoms with Crippen LogP contribution in [0.25, 0.3) is 27.7 Å². The van der Waals surface area contributed by atoms with Crippen LogP contribution in [0.15, 0.2) is 47.1 Å². The highest BCUT2D eigenvalue weighted by molar-refractivity contribution is 6.01. The lowest BCUT2D eigenvalue weighted by Gasteiger charge is -2.33. The molecule has 6 nitrogen and oxygen atoms in total. The number of piperazine rings is 1. The lowest BCUT2D eigenvalue weighted by atomic mass is 9.96. The van der Waals surface area contributed by atoms with Gasteiger partial charge in [-0.2, -0.15) is 0 Å². The number of nitrogens with zero attached hydrogens (tertiary/aromatic N) is 2. The van der Waals surface area contributed by atoms with Gasteiger partial charge in [0.1, 0.15) is 11.3 Å². The molecule has 0 bridgehead atoms. The molecule has 1 fully saturated rings. The van der Waals surface area contributed by atoms with Crippen molar-refractivity contribution in [1.82, 2.24) is 9.80 Å². The standard InChI is InChI=1S/C27H30N2O4/c1-17-6-8-21(9-7-17)24-16-33-27-19(3)26(32-5)22(15-23(24)27)18(2)14-25(31)29-12-10-28(11-13-29)20(4)30/h6-9,14-16H,10-13H2,1-5H3/b18-14+. The van der Waals surface area contributed by atoms with Crippen LogP contribution in [-0.4, -0.2) is 54.9 Å². The summed E-state index contributed by atoms with van der Waals surface area (Å²) in [5.41, 5.74) is 6.67. The zero-order valence-corrected chi connectivity index (χ0v) is 19.9. The van der Waals surface area contributed by atoms with Crippen molar-refractivity contribution in [1.29, 1.82) is 0 Å². The molecule has 0 spiro atoms. The van der Waals surface area contributed by atoms with Crippen molar-refractivity contribution in [2.45, 2.75) is 27.7 Å². The second-order valence-electron chi connectivity index (χ2n) is 8.63. The van der Waals surface area contributed by atoms with E-state index in [0.717, 1.165) is 38.8 Å². The zero-order valence-electron chi connectivity index (χ0n) is 19.9. The molecule has 0 aliphatic carbocycles. The normalized spacial score (nSPS) is 14.6. The Labute approximate surface area is 194 Å². The third-order valence-corrected chi connectivity index (χ3v) is 6.41. The number of methoxy groups -OCH3 is 1. The molecular formula is C27H30N2O4. The molecule has 33 heavy (non-hydrogen) atoms. The summed E-state index contributed by atoms with van der Waals surface area (Å²) in [6.45, 7) is 9.74. The molecule has 4 rings (SSSR count). The molecule has 0 atom stereocenters. The summed E-state index contributed by atoms with van der Waals surface area (Å²) in [6.07, 6.45) is 3.45. The Kier molecular flexibility index (Phi) is 6.27. The van der Waals surface area contributed by atoms with E-state index in [1.54, 1.807) is 36.2 Å². The lowest BCUT2D eigenvalue weighted by Crippen LogP contribution is -2.49. The molecule has 1 aliphatic rings. The second kappa shape index (κ2) is 9.14. The Bertz CT molecular complexity index is 1230. The van der Waals surface area contributed by atoms with E-state index in [1.165, 1.54) is 5.56 Å². The number of carbonyl (C=O) groups is 2. The van der Waals surface area contributed by atoms with E-state index in [4.69, 9.17) is 9.15 Å². The highest BCUT2D eigenvalue weighted by Crippen LogP contribution is 2.40. The molecule has 0 saturated carbocycles. The van der Waals surface area contributed by atoms with E-state index in [-0.39, 0.29) is 11.8 Å². The van der Waals surface area contributed by atoms with E-state index in [0.29, 0.717) is 31.9 Å². The van der Waals surface area contributed by atoms with Gasteiger partial charge in [-0.3, -0.25) is 9.59 Å². The van der Waals surface area contributed by atoms with Crippen molar-refractivity contribution in [3.63, 3.8) is 0 Å². The summed E-state index contributed by atoms with van der Waals surface area (Å²) in [5.74, 6) is 0.698. The van der Waals surface area contributed by atoms with E-state index < -0.39 is 0 Å². The number of carbonyl (C=O) groups excluding carboxylic acids is 2. The number of furan rings is 1. The van der Waals surface area contributed by atoms with Gasteiger partial charge in [0.25, 0.3) is 0 Å². The first-order valence-electron chi connectivity index (χ1n) is 11.2. The van der Waals surface area contributed by atoms with Gasteiger partial charge in [0.15, 0.2) is 0 Å². The van der Waals surface area contributed by atoms with Crippen LogP contribution in [0.5, 0.6) is 5.75 Å². The lowest BCUT2D eigenvalue weighted by molar-refractivity contribution is -0.135. The fourth-order valence-electron chi connectivity index (χ4n) is 4.42. The third-order valence-electron chi connectivity index (χ3n) is 6.41. The van der Waals surface area contributed by atoms with Crippen LogP contribution < -0.4 is 4.74 Å². The van der Waals surface area contributed by atoms with Gasteiger partial charge in [-0.25, -0.2) is 0 Å². The highest BCUT2D eigenvalue weighted by Gasteiger charge is 2.23. The molecule has 0 unspecified atom stereocenters. The number of amides is 2. The molecule has 0 N–H and O–H groups in total. The summed E-state index contributed by atoms with van der Waals surface area (Å²) >= 11 is 0. The summed E-state index contributed by atoms with van der Waals surface area (Å²) in [5, 5.41) is 0.988. The molecule has 1 aromatic heterocycles. The number of hydrogen-bond acceptors (Lipinski definition) is 4. The van der Waals surface area contributed by atoms with Gasteiger partial charge in [-0.05, 0) is 38.0 Å². The molecule has 3 aromatic rings. The number of hydrogen-bond donors (Lipinski definition) is 0. The minimum absolute atomic E-state index is 0.0480. The minimum atomic E-state index is -0.0542. The van der Waals surface area contributed by atoms with Crippen molar-refractivity contribution in [2.24, 2.45) is 0 Å². The highest BCUT2D eigenvalue weighted by atomic mass is 16.5. The number of ether oxygens (including phenoxy) is 1. The maximum absolute atomic E-state index is 13.0. The van der Waals surface area contributed by atoms with Crippen molar-refractivity contribution in [3.8, 4) is 16.9 Å². The van der Waals surface area contributed by atoms with E-state index >= 15 is 0 Å². The summed E-state index contributed by atoms with van der Waals surface area (Å²) < 4.78 is 11.7. The molecule has 1 aliphatic heterocycles. The second-order valence-corrected chi connectivity index (χ2v) is 8.63. The third kappa shape index (κ3) is 4.38. The van der Waals surface area contributed by atoms with Crippen LogP contribution in [0.1, 0.15) is 30.5 Å². The van der Waals surface area contributed by atoms with Gasteiger partial charge in [-0.1, -0.05) is 29.8 Å². The van der Waals surface area contributed by atoms with E-state index in [1.807, 2.05) is 19.9 Å². The van der Waals surface area contributed by atoms with Crippen LogP contribution in [0.4, 0.5) is 0 Å². The predicted molar refractivity (Wildman–Crippen MR) is 130 cm³/mol. The van der Waals surface area contributed by atoms with Gasteiger partial charge in [0.2, 0.25) is 11.8 Å². The molecule has 1 saturated heterocycles. The topological polar surface area (TPSA) is 63.0 Å². The number of aryl methyl sites for hydroxylation is 2. The SMILES string of the molecule is COc1c(/C(C)=C/C(=O)N2CCN(C(C)=O)CC2)cc2c(-c3ccc(C)cc3)coc2c1C. The molecule has 2 heterocycles. The Morgan fingerprint density at radius 1 is 1.00 bits per heavy atom. The molecule has 172 valence electrons. The average molecular weight is 447 g/mol. The molecule has 2 amide bonds. The largest absolute Gasteiger partial charge is 0.496 e. The number of rotatable bonds is 4. The number of benzene rings is 2. The maximum atomic E-state index is 13.0. The fourth-order valence-corrected chi connectivity index (χ4v) is 4.42. The van der Waals surface area contributed by atoms with Gasteiger partial charge in [0, 0.05) is 61.3 Å². The molecule has 2 aromatic carbocycles. The first-order chi connectivity index (χ1) is 15.8. The Morgan fingerprint density at radius 2 is 1.64 bits per heavy atom. The Balaban J connectivity index is 1.70. The number of fused-ring (bicyclic) bond motifs is 1. The first kappa shape index (κ1) is 22.6. The van der Waals surface area contributed by atoms with E-state index in [2.05, 4.69) is 31.2 Å². The summed E-state index contributed by atoms with van der Waals surface area (Å²) in [4.78, 5) is 28.1. The number of allylic oxidation sites excluding steroid dienone is 1. The summed E-state index contributed by atoms with van der Waals surface area (Å²) in [7, 11) is 1.64. The quantitative estimate of drug-likeness (QED) is 0.539. The molecular weight excluding hydrogens is 416 g/mol. The van der Waals surface area contributed by atoms with Gasteiger partial charge < -0.3 is 19.0 Å². The smallest absolute Gasteiger partial charge is 0.246 e. The molecule has 0 radical (unpaired) electrons. The van der Waals surface area contributed by atoms with Crippen LogP contribution >= 0.6 is 0 Å². The Morgan fingerprint density at radius 3 is 2.24 bits per heavy atom. The van der Waals surface area contributed by atoms with Crippen molar-refractivity contribution in [2.75, 3.05) is 33.3 Å².